The third kappa shape index (κ3) is 3.71. The number of ether oxygens (including phenoxy) is 2. The maximum Gasteiger partial charge on any atom is 0.241 e. The van der Waals surface area contributed by atoms with E-state index in [1.807, 2.05) is 38.1 Å². The lowest BCUT2D eigenvalue weighted by atomic mass is 10.2. The molecule has 0 aliphatic carbocycles. The summed E-state index contributed by atoms with van der Waals surface area (Å²) in [7, 11) is 0. The van der Waals surface area contributed by atoms with E-state index in [0.29, 0.717) is 25.6 Å². The summed E-state index contributed by atoms with van der Waals surface area (Å²) in [5.74, 6) is 0.691. The van der Waals surface area contributed by atoms with Crippen LogP contribution in [0.25, 0.3) is 0 Å². The molecule has 1 atom stereocenters. The van der Waals surface area contributed by atoms with Crippen LogP contribution < -0.4 is 10.1 Å². The van der Waals surface area contributed by atoms with Crippen LogP contribution in [0.3, 0.4) is 0 Å². The Morgan fingerprint density at radius 1 is 1.40 bits per heavy atom. The molecule has 1 amide bonds. The quantitative estimate of drug-likeness (QED) is 0.891. The standard InChI is InChI=1S/C15H22N2O3/c1-3-20-14-7-5-4-6-13(14)16-15(18)12(2)17-8-10-19-11-9-17/h4-7,12H,3,8-11H2,1-2H3,(H,16,18)/t12-/m0/s1. The van der Waals surface area contributed by atoms with Crippen LogP contribution in [0.1, 0.15) is 13.8 Å². The molecule has 1 fully saturated rings. The van der Waals surface area contributed by atoms with Gasteiger partial charge in [-0.25, -0.2) is 0 Å². The van der Waals surface area contributed by atoms with Crippen molar-refractivity contribution in [3.8, 4) is 5.75 Å². The molecule has 110 valence electrons. The molecule has 0 radical (unpaired) electrons. The van der Waals surface area contributed by atoms with Crippen molar-refractivity contribution < 1.29 is 14.3 Å². The molecule has 1 aliphatic rings. The first-order valence-corrected chi connectivity index (χ1v) is 7.07. The number of carbonyl (C=O) groups excluding carboxylic acids is 1. The third-order valence-electron chi connectivity index (χ3n) is 3.42. The minimum Gasteiger partial charge on any atom is -0.492 e. The highest BCUT2D eigenvalue weighted by Crippen LogP contribution is 2.24. The lowest BCUT2D eigenvalue weighted by Gasteiger charge is -2.31. The van der Waals surface area contributed by atoms with Crippen LogP contribution >= 0.6 is 0 Å². The number of hydrogen-bond donors (Lipinski definition) is 1. The largest absolute Gasteiger partial charge is 0.492 e. The van der Waals surface area contributed by atoms with Crippen molar-refractivity contribution in [3.05, 3.63) is 24.3 Å². The smallest absolute Gasteiger partial charge is 0.241 e. The first kappa shape index (κ1) is 14.8. The zero-order valence-corrected chi connectivity index (χ0v) is 12.1. The molecule has 1 aromatic rings. The molecule has 20 heavy (non-hydrogen) atoms. The Balaban J connectivity index is 1.99. The normalized spacial score (nSPS) is 17.5. The fourth-order valence-corrected chi connectivity index (χ4v) is 2.22. The maximum atomic E-state index is 12.3. The molecular weight excluding hydrogens is 256 g/mol. The van der Waals surface area contributed by atoms with Crippen LogP contribution in [-0.4, -0.2) is 49.8 Å². The van der Waals surface area contributed by atoms with Gasteiger partial charge in [0.1, 0.15) is 5.75 Å². The highest BCUT2D eigenvalue weighted by molar-refractivity contribution is 5.95. The van der Waals surface area contributed by atoms with Crippen molar-refractivity contribution in [3.63, 3.8) is 0 Å². The predicted octanol–water partition coefficient (Wildman–Crippen LogP) is 1.74. The molecule has 1 saturated heterocycles. The fourth-order valence-electron chi connectivity index (χ4n) is 2.22. The van der Waals surface area contributed by atoms with Crippen molar-refractivity contribution in [1.29, 1.82) is 0 Å². The van der Waals surface area contributed by atoms with Gasteiger partial charge in [0.2, 0.25) is 5.91 Å². The Kier molecular flexibility index (Phi) is 5.38. The van der Waals surface area contributed by atoms with Gasteiger partial charge in [0.05, 0.1) is 31.5 Å². The van der Waals surface area contributed by atoms with Gasteiger partial charge in [-0.05, 0) is 26.0 Å². The fraction of sp³-hybridized carbons (Fsp3) is 0.533. The van der Waals surface area contributed by atoms with Crippen molar-refractivity contribution in [1.82, 2.24) is 4.90 Å². The molecule has 5 nitrogen and oxygen atoms in total. The molecule has 0 saturated carbocycles. The Labute approximate surface area is 119 Å². The van der Waals surface area contributed by atoms with E-state index in [9.17, 15) is 4.79 Å². The molecule has 2 rings (SSSR count). The van der Waals surface area contributed by atoms with E-state index in [0.717, 1.165) is 18.8 Å². The summed E-state index contributed by atoms with van der Waals surface area (Å²) in [6.45, 7) is 7.38. The molecule has 0 aromatic heterocycles. The monoisotopic (exact) mass is 278 g/mol. The Morgan fingerprint density at radius 2 is 2.10 bits per heavy atom. The number of morpholine rings is 1. The molecule has 1 heterocycles. The van der Waals surface area contributed by atoms with Gasteiger partial charge in [0.15, 0.2) is 0 Å². The molecule has 0 unspecified atom stereocenters. The van der Waals surface area contributed by atoms with Crippen molar-refractivity contribution >= 4 is 11.6 Å². The summed E-state index contributed by atoms with van der Waals surface area (Å²) in [5.41, 5.74) is 0.722. The van der Waals surface area contributed by atoms with Gasteiger partial charge in [0.25, 0.3) is 0 Å². The average molecular weight is 278 g/mol. The number of amides is 1. The van der Waals surface area contributed by atoms with Crippen LogP contribution in [0.4, 0.5) is 5.69 Å². The molecular formula is C15H22N2O3. The second-order valence-electron chi connectivity index (χ2n) is 4.74. The SMILES string of the molecule is CCOc1ccccc1NC(=O)[C@H](C)N1CCOCC1. The van der Waals surface area contributed by atoms with Gasteiger partial charge >= 0.3 is 0 Å². The Morgan fingerprint density at radius 3 is 2.80 bits per heavy atom. The summed E-state index contributed by atoms with van der Waals surface area (Å²) in [4.78, 5) is 14.4. The van der Waals surface area contributed by atoms with Crippen LogP contribution in [0.5, 0.6) is 5.75 Å². The minimum atomic E-state index is -0.173. The van der Waals surface area contributed by atoms with E-state index in [1.165, 1.54) is 0 Å². The first-order valence-electron chi connectivity index (χ1n) is 7.07. The summed E-state index contributed by atoms with van der Waals surface area (Å²) in [6, 6.07) is 7.32. The van der Waals surface area contributed by atoms with E-state index in [1.54, 1.807) is 0 Å². The van der Waals surface area contributed by atoms with Gasteiger partial charge in [-0.1, -0.05) is 12.1 Å². The van der Waals surface area contributed by atoms with E-state index in [4.69, 9.17) is 9.47 Å². The predicted molar refractivity (Wildman–Crippen MR) is 78.1 cm³/mol. The molecule has 0 spiro atoms. The number of anilines is 1. The number of carbonyl (C=O) groups is 1. The number of hydrogen-bond acceptors (Lipinski definition) is 4. The van der Waals surface area contributed by atoms with Gasteiger partial charge in [-0.15, -0.1) is 0 Å². The molecule has 1 N–H and O–H groups in total. The number of para-hydroxylation sites is 2. The van der Waals surface area contributed by atoms with Gasteiger partial charge in [0, 0.05) is 13.1 Å². The second-order valence-corrected chi connectivity index (χ2v) is 4.74. The van der Waals surface area contributed by atoms with Gasteiger partial charge < -0.3 is 14.8 Å². The molecule has 0 bridgehead atoms. The maximum absolute atomic E-state index is 12.3. The number of benzene rings is 1. The first-order chi connectivity index (χ1) is 9.72. The van der Waals surface area contributed by atoms with Gasteiger partial charge in [-0.2, -0.15) is 0 Å². The van der Waals surface area contributed by atoms with Gasteiger partial charge in [-0.3, -0.25) is 9.69 Å². The molecule has 5 heteroatoms. The van der Waals surface area contributed by atoms with E-state index < -0.39 is 0 Å². The van der Waals surface area contributed by atoms with E-state index in [2.05, 4.69) is 10.2 Å². The lowest BCUT2D eigenvalue weighted by Crippen LogP contribution is -2.47. The Hall–Kier alpha value is -1.59. The minimum absolute atomic E-state index is 0.0148. The van der Waals surface area contributed by atoms with Crippen molar-refractivity contribution in [2.24, 2.45) is 0 Å². The second kappa shape index (κ2) is 7.26. The van der Waals surface area contributed by atoms with E-state index in [-0.39, 0.29) is 11.9 Å². The zero-order valence-electron chi connectivity index (χ0n) is 12.1. The number of rotatable bonds is 5. The van der Waals surface area contributed by atoms with Crippen LogP contribution in [0.15, 0.2) is 24.3 Å². The lowest BCUT2D eigenvalue weighted by molar-refractivity contribution is -0.122. The topological polar surface area (TPSA) is 50.8 Å². The number of nitrogens with zero attached hydrogens (tertiary/aromatic N) is 1. The summed E-state index contributed by atoms with van der Waals surface area (Å²) >= 11 is 0. The molecule has 1 aliphatic heterocycles. The summed E-state index contributed by atoms with van der Waals surface area (Å²) < 4.78 is 10.8. The highest BCUT2D eigenvalue weighted by atomic mass is 16.5. The van der Waals surface area contributed by atoms with Crippen molar-refractivity contribution in [2.75, 3.05) is 38.2 Å². The highest BCUT2D eigenvalue weighted by Gasteiger charge is 2.23. The Bertz CT molecular complexity index is 444. The average Bonchev–Trinajstić information content (AvgIpc) is 2.49. The van der Waals surface area contributed by atoms with Crippen LogP contribution in [0.2, 0.25) is 0 Å². The van der Waals surface area contributed by atoms with Crippen molar-refractivity contribution in [2.45, 2.75) is 19.9 Å². The third-order valence-corrected chi connectivity index (χ3v) is 3.42. The van der Waals surface area contributed by atoms with Crippen LogP contribution in [-0.2, 0) is 9.53 Å². The molecule has 1 aromatic carbocycles. The summed E-state index contributed by atoms with van der Waals surface area (Å²) in [5, 5.41) is 2.95. The summed E-state index contributed by atoms with van der Waals surface area (Å²) in [6.07, 6.45) is 0. The van der Waals surface area contributed by atoms with Crippen LogP contribution in [0, 0.1) is 0 Å². The number of nitrogens with one attached hydrogen (secondary N) is 1. The zero-order chi connectivity index (χ0) is 14.4. The van der Waals surface area contributed by atoms with E-state index >= 15 is 0 Å².